The van der Waals surface area contributed by atoms with E-state index in [0.29, 0.717) is 12.2 Å². The standard InChI is InChI=1S/C17H12FNO2/c18-15-4-2-1-3-13(15)14(10-19)17(20)12-5-6-16-11(9-12)7-8-21-16/h1-6,9,14H,7-8H2. The highest BCUT2D eigenvalue weighted by atomic mass is 19.1. The Hall–Kier alpha value is -2.67. The molecule has 2 aromatic rings. The van der Waals surface area contributed by atoms with Crippen LogP contribution in [0, 0.1) is 17.1 Å². The molecule has 0 amide bonds. The Morgan fingerprint density at radius 2 is 2.10 bits per heavy atom. The van der Waals surface area contributed by atoms with E-state index in [-0.39, 0.29) is 5.56 Å². The van der Waals surface area contributed by atoms with Gasteiger partial charge < -0.3 is 4.74 Å². The van der Waals surface area contributed by atoms with Gasteiger partial charge >= 0.3 is 0 Å². The zero-order chi connectivity index (χ0) is 14.8. The minimum absolute atomic E-state index is 0.113. The van der Waals surface area contributed by atoms with E-state index in [0.717, 1.165) is 17.7 Å². The number of carbonyl (C=O) groups excluding carboxylic acids is 1. The third-order valence-electron chi connectivity index (χ3n) is 3.58. The molecule has 0 radical (unpaired) electrons. The van der Waals surface area contributed by atoms with Gasteiger partial charge in [-0.3, -0.25) is 4.79 Å². The number of fused-ring (bicyclic) bond motifs is 1. The third-order valence-corrected chi connectivity index (χ3v) is 3.58. The molecule has 21 heavy (non-hydrogen) atoms. The summed E-state index contributed by atoms with van der Waals surface area (Å²) in [5.41, 5.74) is 1.47. The SMILES string of the molecule is N#CC(C(=O)c1ccc2c(c1)CCO2)c1ccccc1F. The number of ether oxygens (including phenoxy) is 1. The van der Waals surface area contributed by atoms with E-state index < -0.39 is 17.5 Å². The van der Waals surface area contributed by atoms with Gasteiger partial charge in [-0.15, -0.1) is 0 Å². The van der Waals surface area contributed by atoms with Gasteiger partial charge in [0.15, 0.2) is 5.78 Å². The van der Waals surface area contributed by atoms with E-state index in [1.54, 1.807) is 24.3 Å². The lowest BCUT2D eigenvalue weighted by molar-refractivity contribution is 0.0977. The molecule has 4 heteroatoms. The number of hydrogen-bond acceptors (Lipinski definition) is 3. The fourth-order valence-corrected chi connectivity index (χ4v) is 2.49. The average Bonchev–Trinajstić information content (AvgIpc) is 2.97. The van der Waals surface area contributed by atoms with Gasteiger partial charge in [0, 0.05) is 17.5 Å². The summed E-state index contributed by atoms with van der Waals surface area (Å²) in [6.07, 6.45) is 0.743. The first-order valence-electron chi connectivity index (χ1n) is 6.64. The predicted molar refractivity (Wildman–Crippen MR) is 74.7 cm³/mol. The second-order valence-electron chi connectivity index (χ2n) is 4.87. The Morgan fingerprint density at radius 1 is 1.29 bits per heavy atom. The molecule has 1 aliphatic heterocycles. The number of benzene rings is 2. The molecule has 0 bridgehead atoms. The highest BCUT2D eigenvalue weighted by Crippen LogP contribution is 2.29. The maximum atomic E-state index is 13.8. The van der Waals surface area contributed by atoms with Gasteiger partial charge in [-0.2, -0.15) is 5.26 Å². The fourth-order valence-electron chi connectivity index (χ4n) is 2.49. The largest absolute Gasteiger partial charge is 0.493 e. The van der Waals surface area contributed by atoms with Gasteiger partial charge in [-0.25, -0.2) is 4.39 Å². The van der Waals surface area contributed by atoms with E-state index in [1.165, 1.54) is 18.2 Å². The highest BCUT2D eigenvalue weighted by molar-refractivity contribution is 6.03. The van der Waals surface area contributed by atoms with Crippen LogP contribution in [0.15, 0.2) is 42.5 Å². The van der Waals surface area contributed by atoms with Gasteiger partial charge in [0.1, 0.15) is 17.5 Å². The summed E-state index contributed by atoms with van der Waals surface area (Å²) in [6.45, 7) is 0.599. The van der Waals surface area contributed by atoms with E-state index in [2.05, 4.69) is 0 Å². The highest BCUT2D eigenvalue weighted by Gasteiger charge is 2.25. The van der Waals surface area contributed by atoms with Crippen molar-refractivity contribution < 1.29 is 13.9 Å². The van der Waals surface area contributed by atoms with Crippen LogP contribution in [0.1, 0.15) is 27.4 Å². The van der Waals surface area contributed by atoms with Crippen molar-refractivity contribution in [2.45, 2.75) is 12.3 Å². The van der Waals surface area contributed by atoms with E-state index in [4.69, 9.17) is 4.74 Å². The van der Waals surface area contributed by atoms with E-state index in [1.807, 2.05) is 6.07 Å². The van der Waals surface area contributed by atoms with Crippen molar-refractivity contribution in [1.82, 2.24) is 0 Å². The van der Waals surface area contributed by atoms with Crippen LogP contribution in [0.3, 0.4) is 0 Å². The normalized spacial score (nSPS) is 13.9. The van der Waals surface area contributed by atoms with Crippen molar-refractivity contribution in [3.63, 3.8) is 0 Å². The zero-order valence-electron chi connectivity index (χ0n) is 11.2. The van der Waals surface area contributed by atoms with Crippen molar-refractivity contribution in [1.29, 1.82) is 5.26 Å². The van der Waals surface area contributed by atoms with Crippen molar-refractivity contribution in [2.75, 3.05) is 6.61 Å². The summed E-state index contributed by atoms with van der Waals surface area (Å²) in [5.74, 6) is -1.29. The monoisotopic (exact) mass is 281 g/mol. The number of rotatable bonds is 3. The van der Waals surface area contributed by atoms with Crippen molar-refractivity contribution in [3.05, 3.63) is 65.0 Å². The number of ketones is 1. The predicted octanol–water partition coefficient (Wildman–Crippen LogP) is 3.25. The van der Waals surface area contributed by atoms with Crippen molar-refractivity contribution >= 4 is 5.78 Å². The van der Waals surface area contributed by atoms with Crippen LogP contribution in [0.4, 0.5) is 4.39 Å². The molecule has 2 aromatic carbocycles. The van der Waals surface area contributed by atoms with Crippen LogP contribution in [0.5, 0.6) is 5.75 Å². The Morgan fingerprint density at radius 3 is 2.86 bits per heavy atom. The van der Waals surface area contributed by atoms with Gasteiger partial charge in [0.05, 0.1) is 12.7 Å². The summed E-state index contributed by atoms with van der Waals surface area (Å²) in [6, 6.07) is 12.9. The van der Waals surface area contributed by atoms with Gasteiger partial charge in [-0.05, 0) is 29.8 Å². The second kappa shape index (κ2) is 5.37. The maximum Gasteiger partial charge on any atom is 0.184 e. The molecule has 1 aliphatic rings. The number of halogens is 1. The molecule has 0 aliphatic carbocycles. The van der Waals surface area contributed by atoms with Crippen LogP contribution >= 0.6 is 0 Å². The molecule has 1 heterocycles. The average molecular weight is 281 g/mol. The number of nitrogens with zero attached hydrogens (tertiary/aromatic N) is 1. The minimum Gasteiger partial charge on any atom is -0.493 e. The summed E-state index contributed by atoms with van der Waals surface area (Å²) in [5, 5.41) is 9.27. The molecule has 3 nitrogen and oxygen atoms in total. The molecule has 0 saturated heterocycles. The molecule has 0 saturated carbocycles. The molecule has 0 fully saturated rings. The van der Waals surface area contributed by atoms with Crippen molar-refractivity contribution in [3.8, 4) is 11.8 Å². The third kappa shape index (κ3) is 2.38. The molecule has 0 aromatic heterocycles. The quantitative estimate of drug-likeness (QED) is 0.811. The first-order chi connectivity index (χ1) is 10.2. The lowest BCUT2D eigenvalue weighted by Crippen LogP contribution is -2.13. The first-order valence-corrected chi connectivity index (χ1v) is 6.64. The van der Waals surface area contributed by atoms with E-state index in [9.17, 15) is 14.4 Å². The molecule has 0 N–H and O–H groups in total. The van der Waals surface area contributed by atoms with Gasteiger partial charge in [0.2, 0.25) is 0 Å². The van der Waals surface area contributed by atoms with Crippen molar-refractivity contribution in [2.24, 2.45) is 0 Å². The molecule has 0 spiro atoms. The minimum atomic E-state index is -1.13. The zero-order valence-corrected chi connectivity index (χ0v) is 11.2. The number of carbonyl (C=O) groups is 1. The Balaban J connectivity index is 1.97. The molecule has 1 unspecified atom stereocenters. The summed E-state index contributed by atoms with van der Waals surface area (Å²) >= 11 is 0. The lowest BCUT2D eigenvalue weighted by atomic mass is 9.90. The first kappa shape index (κ1) is 13.3. The Kier molecular flexibility index (Phi) is 3.41. The molecular weight excluding hydrogens is 269 g/mol. The number of hydrogen-bond donors (Lipinski definition) is 0. The Labute approximate surface area is 121 Å². The lowest BCUT2D eigenvalue weighted by Gasteiger charge is -2.10. The summed E-state index contributed by atoms with van der Waals surface area (Å²) in [4.78, 5) is 12.5. The fraction of sp³-hybridized carbons (Fsp3) is 0.176. The van der Waals surface area contributed by atoms with Crippen LogP contribution < -0.4 is 4.74 Å². The van der Waals surface area contributed by atoms with Gasteiger partial charge in [-0.1, -0.05) is 18.2 Å². The molecular formula is C17H12FNO2. The topological polar surface area (TPSA) is 50.1 Å². The van der Waals surface area contributed by atoms with Crippen LogP contribution in [-0.4, -0.2) is 12.4 Å². The Bertz CT molecular complexity index is 749. The maximum absolute atomic E-state index is 13.8. The summed E-state index contributed by atoms with van der Waals surface area (Å²) < 4.78 is 19.2. The van der Waals surface area contributed by atoms with Crippen LogP contribution in [0.25, 0.3) is 0 Å². The smallest absolute Gasteiger partial charge is 0.184 e. The number of Topliss-reactive ketones (excluding diaryl/α,β-unsaturated/α-hetero) is 1. The van der Waals surface area contributed by atoms with Gasteiger partial charge in [0.25, 0.3) is 0 Å². The number of nitriles is 1. The van der Waals surface area contributed by atoms with Crippen LogP contribution in [0.2, 0.25) is 0 Å². The summed E-state index contributed by atoms with van der Waals surface area (Å²) in [7, 11) is 0. The van der Waals surface area contributed by atoms with E-state index >= 15 is 0 Å². The molecule has 1 atom stereocenters. The molecule has 104 valence electrons. The van der Waals surface area contributed by atoms with Crippen LogP contribution in [-0.2, 0) is 6.42 Å². The molecule has 3 rings (SSSR count). The second-order valence-corrected chi connectivity index (χ2v) is 4.87.